The molecule has 0 bridgehead atoms. The largest absolute Gasteiger partial charge is 0.480 e. The van der Waals surface area contributed by atoms with E-state index < -0.39 is 39.4 Å². The van der Waals surface area contributed by atoms with E-state index in [0.717, 1.165) is 11.0 Å². The second-order valence-electron chi connectivity index (χ2n) is 4.62. The smallest absolute Gasteiger partial charge is 0.325 e. The molecule has 108 valence electrons. The summed E-state index contributed by atoms with van der Waals surface area (Å²) in [6.07, 6.45) is -0.0184. The summed E-state index contributed by atoms with van der Waals surface area (Å²) in [5, 5.41) is 19.9. The Morgan fingerprint density at radius 1 is 1.50 bits per heavy atom. The fraction of sp³-hybridized carbons (Fsp3) is 0.364. The highest BCUT2D eigenvalue weighted by Gasteiger charge is 2.44. The van der Waals surface area contributed by atoms with Crippen molar-refractivity contribution < 1.29 is 23.6 Å². The number of hydrogen-bond acceptors (Lipinski definition) is 5. The van der Waals surface area contributed by atoms with Crippen LogP contribution in [0.3, 0.4) is 0 Å². The average Bonchev–Trinajstić information content (AvgIpc) is 2.76. The van der Waals surface area contributed by atoms with Crippen LogP contribution in [0.15, 0.2) is 12.1 Å². The minimum atomic E-state index is -1.63. The molecule has 7 nitrogen and oxygen atoms in total. The number of carbonyl (C=O) groups is 1. The van der Waals surface area contributed by atoms with Crippen LogP contribution < -0.4 is 10.6 Å². The van der Waals surface area contributed by atoms with Crippen LogP contribution in [-0.2, 0) is 4.79 Å². The van der Waals surface area contributed by atoms with Crippen LogP contribution in [0.25, 0.3) is 0 Å². The molecular weight excluding hydrogens is 276 g/mol. The van der Waals surface area contributed by atoms with Crippen LogP contribution >= 0.6 is 0 Å². The van der Waals surface area contributed by atoms with E-state index >= 15 is 0 Å². The number of aliphatic carboxylic acids is 1. The van der Waals surface area contributed by atoms with Crippen LogP contribution in [0, 0.1) is 21.7 Å². The molecule has 20 heavy (non-hydrogen) atoms. The molecule has 1 atom stereocenters. The molecule has 2 rings (SSSR count). The van der Waals surface area contributed by atoms with Crippen molar-refractivity contribution in [3.8, 4) is 0 Å². The monoisotopic (exact) mass is 287 g/mol. The number of carboxylic acids is 1. The first-order valence-corrected chi connectivity index (χ1v) is 5.66. The van der Waals surface area contributed by atoms with Crippen LogP contribution in [0.5, 0.6) is 0 Å². The molecule has 0 aromatic heterocycles. The summed E-state index contributed by atoms with van der Waals surface area (Å²) in [4.78, 5) is 22.1. The highest BCUT2D eigenvalue weighted by molar-refractivity contribution is 5.81. The maximum Gasteiger partial charge on any atom is 0.325 e. The van der Waals surface area contributed by atoms with Gasteiger partial charge in [0.15, 0.2) is 17.3 Å². The fourth-order valence-corrected chi connectivity index (χ4v) is 2.18. The lowest BCUT2D eigenvalue weighted by atomic mass is 10.0. The molecule has 0 aliphatic carbocycles. The minimum Gasteiger partial charge on any atom is -0.480 e. The number of benzene rings is 1. The Bertz CT molecular complexity index is 595. The zero-order valence-corrected chi connectivity index (χ0v) is 10.2. The first kappa shape index (κ1) is 14.1. The topological polar surface area (TPSA) is 110 Å². The fourth-order valence-electron chi connectivity index (χ4n) is 2.18. The molecule has 9 heteroatoms. The van der Waals surface area contributed by atoms with E-state index in [1.54, 1.807) is 0 Å². The third kappa shape index (κ3) is 2.16. The van der Waals surface area contributed by atoms with Gasteiger partial charge in [0.05, 0.1) is 4.92 Å². The molecule has 1 heterocycles. The van der Waals surface area contributed by atoms with Crippen molar-refractivity contribution in [3.05, 3.63) is 33.9 Å². The van der Waals surface area contributed by atoms with Crippen molar-refractivity contribution in [2.24, 2.45) is 5.73 Å². The number of nitro groups is 1. The van der Waals surface area contributed by atoms with Gasteiger partial charge in [-0.15, -0.1) is 0 Å². The predicted molar refractivity (Wildman–Crippen MR) is 64.4 cm³/mol. The molecule has 3 N–H and O–H groups in total. The van der Waals surface area contributed by atoms with Crippen molar-refractivity contribution in [3.63, 3.8) is 0 Å². The van der Waals surface area contributed by atoms with Crippen LogP contribution in [0.4, 0.5) is 20.2 Å². The van der Waals surface area contributed by atoms with Crippen LogP contribution in [-0.4, -0.2) is 34.6 Å². The summed E-state index contributed by atoms with van der Waals surface area (Å²) in [7, 11) is 0. The van der Waals surface area contributed by atoms with Gasteiger partial charge in [-0.25, -0.2) is 8.78 Å². The highest BCUT2D eigenvalue weighted by Crippen LogP contribution is 2.36. The maximum absolute atomic E-state index is 13.8. The van der Waals surface area contributed by atoms with Gasteiger partial charge in [-0.1, -0.05) is 0 Å². The first-order valence-electron chi connectivity index (χ1n) is 5.66. The lowest BCUT2D eigenvalue weighted by Gasteiger charge is -2.21. The number of halogens is 2. The van der Waals surface area contributed by atoms with Crippen molar-refractivity contribution in [1.29, 1.82) is 0 Å². The summed E-state index contributed by atoms with van der Waals surface area (Å²) in [6.45, 7) is -0.340. The average molecular weight is 287 g/mol. The van der Waals surface area contributed by atoms with E-state index in [4.69, 9.17) is 10.8 Å². The third-order valence-electron chi connectivity index (χ3n) is 3.29. The van der Waals surface area contributed by atoms with Crippen molar-refractivity contribution in [2.45, 2.75) is 12.0 Å². The van der Waals surface area contributed by atoms with Gasteiger partial charge in [0.2, 0.25) is 0 Å². The standard InChI is InChI=1S/C11H11F2N3O4/c12-6-1-2-7(16(19)20)9(8(6)13)15-4-3-11(14,5-15)10(17)18/h1-2H,3-5,14H2,(H,17,18). The lowest BCUT2D eigenvalue weighted by Crippen LogP contribution is -2.50. The van der Waals surface area contributed by atoms with E-state index in [1.807, 2.05) is 0 Å². The Kier molecular flexibility index (Phi) is 3.30. The predicted octanol–water partition coefficient (Wildman–Crippen LogP) is 0.865. The van der Waals surface area contributed by atoms with Crippen LogP contribution in [0.2, 0.25) is 0 Å². The number of hydrogen-bond donors (Lipinski definition) is 2. The number of anilines is 1. The molecule has 1 unspecified atom stereocenters. The molecule has 1 aliphatic heterocycles. The number of rotatable bonds is 3. The molecule has 1 fully saturated rings. The lowest BCUT2D eigenvalue weighted by molar-refractivity contribution is -0.384. The van der Waals surface area contributed by atoms with E-state index in [0.29, 0.717) is 6.07 Å². The summed E-state index contributed by atoms with van der Waals surface area (Å²) < 4.78 is 27.1. The number of carboxylic acid groups (broad SMARTS) is 1. The number of nitro benzene ring substituents is 1. The summed E-state index contributed by atoms with van der Waals surface area (Å²) in [6, 6.07) is 1.49. The molecule has 0 amide bonds. The Morgan fingerprint density at radius 2 is 2.15 bits per heavy atom. The van der Waals surface area contributed by atoms with Gasteiger partial charge >= 0.3 is 5.97 Å². The van der Waals surface area contributed by atoms with Crippen LogP contribution in [0.1, 0.15) is 6.42 Å². The Morgan fingerprint density at radius 3 is 2.65 bits per heavy atom. The van der Waals surface area contributed by atoms with Gasteiger partial charge in [0, 0.05) is 19.2 Å². The Hall–Kier alpha value is -2.29. The first-order chi connectivity index (χ1) is 9.26. The zero-order valence-electron chi connectivity index (χ0n) is 10.2. The highest BCUT2D eigenvalue weighted by atomic mass is 19.2. The second-order valence-corrected chi connectivity index (χ2v) is 4.62. The molecular formula is C11H11F2N3O4. The van der Waals surface area contributed by atoms with Gasteiger partial charge in [-0.05, 0) is 12.5 Å². The molecule has 1 saturated heterocycles. The summed E-state index contributed by atoms with van der Waals surface area (Å²) >= 11 is 0. The van der Waals surface area contributed by atoms with Crippen molar-refractivity contribution in [2.75, 3.05) is 18.0 Å². The summed E-state index contributed by atoms with van der Waals surface area (Å²) in [5.74, 6) is -3.91. The van der Waals surface area contributed by atoms with E-state index in [2.05, 4.69) is 0 Å². The Labute approximate surface area is 111 Å². The van der Waals surface area contributed by atoms with E-state index in [-0.39, 0.29) is 19.5 Å². The van der Waals surface area contributed by atoms with Gasteiger partial charge in [-0.2, -0.15) is 0 Å². The number of nitrogens with two attached hydrogens (primary N) is 1. The van der Waals surface area contributed by atoms with Crippen molar-refractivity contribution >= 4 is 17.3 Å². The molecule has 0 saturated carbocycles. The maximum atomic E-state index is 13.8. The Balaban J connectivity index is 2.46. The molecule has 0 spiro atoms. The van der Waals surface area contributed by atoms with Gasteiger partial charge in [0.1, 0.15) is 5.54 Å². The summed E-state index contributed by atoms with van der Waals surface area (Å²) in [5.41, 5.74) is 2.79. The SMILES string of the molecule is NC1(C(=O)O)CCN(c2c([N+](=O)[O-])ccc(F)c2F)C1. The zero-order chi connectivity index (χ0) is 15.1. The molecule has 1 aromatic carbocycles. The molecule has 1 aromatic rings. The van der Waals surface area contributed by atoms with E-state index in [9.17, 15) is 23.7 Å². The molecule has 0 radical (unpaired) electrons. The van der Waals surface area contributed by atoms with Gasteiger partial charge < -0.3 is 15.7 Å². The van der Waals surface area contributed by atoms with E-state index in [1.165, 1.54) is 0 Å². The minimum absolute atomic E-state index is 0.00991. The quantitative estimate of drug-likeness (QED) is 0.630. The normalized spacial score (nSPS) is 22.1. The molecule has 1 aliphatic rings. The van der Waals surface area contributed by atoms with Gasteiger partial charge in [-0.3, -0.25) is 14.9 Å². The van der Waals surface area contributed by atoms with Crippen molar-refractivity contribution in [1.82, 2.24) is 0 Å². The second kappa shape index (κ2) is 4.67. The number of nitrogens with zero attached hydrogens (tertiary/aromatic N) is 2. The third-order valence-corrected chi connectivity index (χ3v) is 3.29. The van der Waals surface area contributed by atoms with Gasteiger partial charge in [0.25, 0.3) is 5.69 Å².